The molecule has 140 valence electrons. The molecule has 0 aromatic heterocycles. The maximum atomic E-state index is 12.8. The predicted octanol–water partition coefficient (Wildman–Crippen LogP) is 6.09. The van der Waals surface area contributed by atoms with Gasteiger partial charge in [0.1, 0.15) is 17.4 Å². The third-order valence-corrected chi connectivity index (χ3v) is 6.29. The number of carbonyl (C=O) groups excluding carboxylic acids is 1. The first-order valence-corrected chi connectivity index (χ1v) is 9.79. The Hall–Kier alpha value is -2.26. The lowest BCUT2D eigenvalue weighted by atomic mass is 9.69. The van der Waals surface area contributed by atoms with Gasteiger partial charge in [0, 0.05) is 5.02 Å². The molecule has 0 bridgehead atoms. The van der Waals surface area contributed by atoms with Crippen LogP contribution in [0.1, 0.15) is 43.7 Å². The van der Waals surface area contributed by atoms with Crippen LogP contribution in [0.2, 0.25) is 5.02 Å². The number of benzene rings is 2. The molecule has 2 unspecified atom stereocenters. The Morgan fingerprint density at radius 2 is 1.81 bits per heavy atom. The molecule has 2 aromatic rings. The quantitative estimate of drug-likeness (QED) is 0.639. The lowest BCUT2D eigenvalue weighted by Gasteiger charge is -2.44. The van der Waals surface area contributed by atoms with Crippen molar-refractivity contribution in [2.75, 3.05) is 0 Å². The average Bonchev–Trinajstić information content (AvgIpc) is 2.65. The second kappa shape index (κ2) is 6.72. The lowest BCUT2D eigenvalue weighted by molar-refractivity contribution is -0.154. The summed E-state index contributed by atoms with van der Waals surface area (Å²) < 4.78 is 5.77. The van der Waals surface area contributed by atoms with Gasteiger partial charge in [0.05, 0.1) is 5.41 Å². The summed E-state index contributed by atoms with van der Waals surface area (Å²) in [5.41, 5.74) is 3.45. The Morgan fingerprint density at radius 3 is 2.56 bits per heavy atom. The zero-order chi connectivity index (χ0) is 19.2. The van der Waals surface area contributed by atoms with Gasteiger partial charge in [-0.3, -0.25) is 0 Å². The van der Waals surface area contributed by atoms with Crippen LogP contribution >= 0.6 is 11.6 Å². The fourth-order valence-electron chi connectivity index (χ4n) is 4.28. The molecule has 1 aliphatic heterocycles. The van der Waals surface area contributed by atoms with Crippen LogP contribution < -0.4 is 0 Å². The van der Waals surface area contributed by atoms with Gasteiger partial charge in [0.15, 0.2) is 0 Å². The molecule has 2 atom stereocenters. The summed E-state index contributed by atoms with van der Waals surface area (Å²) in [4.78, 5) is 12.8. The molecule has 27 heavy (non-hydrogen) atoms. The highest BCUT2D eigenvalue weighted by Crippen LogP contribution is 2.49. The summed E-state index contributed by atoms with van der Waals surface area (Å²) in [6.45, 7) is 3.96. The van der Waals surface area contributed by atoms with Crippen LogP contribution in [0.15, 0.2) is 48.2 Å². The first kappa shape index (κ1) is 18.1. The maximum Gasteiger partial charge on any atom is 0.342 e. The minimum absolute atomic E-state index is 0.180. The Bertz CT molecular complexity index is 929. The number of hydrogen-bond donors (Lipinski definition) is 1. The summed E-state index contributed by atoms with van der Waals surface area (Å²) in [7, 11) is 0. The van der Waals surface area contributed by atoms with Gasteiger partial charge in [-0.05, 0) is 73.6 Å². The smallest absolute Gasteiger partial charge is 0.342 e. The summed E-state index contributed by atoms with van der Waals surface area (Å²) in [5.74, 6) is -0.243. The Kier molecular flexibility index (Phi) is 4.51. The van der Waals surface area contributed by atoms with Gasteiger partial charge in [-0.25, -0.2) is 4.79 Å². The van der Waals surface area contributed by atoms with Gasteiger partial charge < -0.3 is 9.84 Å². The van der Waals surface area contributed by atoms with E-state index in [9.17, 15) is 9.90 Å². The summed E-state index contributed by atoms with van der Waals surface area (Å²) in [6.07, 6.45) is 3.47. The molecule has 4 rings (SSSR count). The molecule has 2 aromatic carbocycles. The summed E-state index contributed by atoms with van der Waals surface area (Å²) in [6, 6.07) is 13.5. The molecule has 0 spiro atoms. The van der Waals surface area contributed by atoms with E-state index in [1.54, 1.807) is 0 Å². The van der Waals surface area contributed by atoms with Crippen LogP contribution in [0, 0.1) is 12.3 Å². The molecule has 0 saturated heterocycles. The van der Waals surface area contributed by atoms with Crippen LogP contribution in [-0.2, 0) is 9.53 Å². The van der Waals surface area contributed by atoms with Crippen molar-refractivity contribution in [1.82, 2.24) is 0 Å². The van der Waals surface area contributed by atoms with E-state index in [4.69, 9.17) is 16.3 Å². The zero-order valence-electron chi connectivity index (χ0n) is 15.6. The largest absolute Gasteiger partial charge is 0.511 e. The molecule has 4 heteroatoms. The molecule has 1 fully saturated rings. The molecule has 1 saturated carbocycles. The van der Waals surface area contributed by atoms with E-state index >= 15 is 0 Å². The average molecular weight is 383 g/mol. The highest BCUT2D eigenvalue weighted by Gasteiger charge is 2.49. The number of fused-ring (bicyclic) bond motifs is 1. The van der Waals surface area contributed by atoms with Gasteiger partial charge in [-0.2, -0.15) is 0 Å². The van der Waals surface area contributed by atoms with Crippen molar-refractivity contribution in [3.63, 3.8) is 0 Å². The zero-order valence-corrected chi connectivity index (χ0v) is 16.3. The van der Waals surface area contributed by atoms with Crippen molar-refractivity contribution >= 4 is 23.1 Å². The molecule has 1 N–H and O–H groups in total. The van der Waals surface area contributed by atoms with E-state index in [1.807, 2.05) is 56.3 Å². The predicted molar refractivity (Wildman–Crippen MR) is 108 cm³/mol. The highest BCUT2D eigenvalue weighted by molar-refractivity contribution is 6.30. The number of carbonyl (C=O) groups is 1. The Labute approximate surface area is 164 Å². The van der Waals surface area contributed by atoms with Crippen LogP contribution in [-0.4, -0.2) is 17.2 Å². The summed E-state index contributed by atoms with van der Waals surface area (Å²) >= 11 is 5.99. The van der Waals surface area contributed by atoms with Gasteiger partial charge in [0.25, 0.3) is 0 Å². The first-order valence-electron chi connectivity index (χ1n) is 9.42. The third-order valence-electron chi connectivity index (χ3n) is 6.04. The van der Waals surface area contributed by atoms with Crippen LogP contribution in [0.3, 0.4) is 0 Å². The molecule has 0 radical (unpaired) electrons. The van der Waals surface area contributed by atoms with Crippen LogP contribution in [0.5, 0.6) is 0 Å². The van der Waals surface area contributed by atoms with Crippen molar-refractivity contribution in [2.24, 2.45) is 5.41 Å². The SMILES string of the molecule is Cc1ccc(-c2ccc(Cl)cc2)cc1C1=C(O)C2(C)CCCCC2OC1=O. The van der Waals surface area contributed by atoms with E-state index < -0.39 is 11.4 Å². The number of hydrogen-bond acceptors (Lipinski definition) is 3. The van der Waals surface area contributed by atoms with Gasteiger partial charge in [-0.15, -0.1) is 0 Å². The van der Waals surface area contributed by atoms with Crippen molar-refractivity contribution in [3.8, 4) is 11.1 Å². The number of aliphatic hydroxyl groups is 1. The molecular formula is C23H23ClO3. The van der Waals surface area contributed by atoms with E-state index in [0.29, 0.717) is 10.6 Å². The van der Waals surface area contributed by atoms with Crippen LogP contribution in [0.4, 0.5) is 0 Å². The minimum atomic E-state index is -0.496. The number of aliphatic hydroxyl groups excluding tert-OH is 1. The van der Waals surface area contributed by atoms with Gasteiger partial charge in [0.2, 0.25) is 0 Å². The molecular weight excluding hydrogens is 360 g/mol. The second-order valence-corrected chi connectivity index (χ2v) is 8.25. The van der Waals surface area contributed by atoms with E-state index in [1.165, 1.54) is 0 Å². The van der Waals surface area contributed by atoms with E-state index in [2.05, 4.69) is 0 Å². The van der Waals surface area contributed by atoms with Gasteiger partial charge >= 0.3 is 5.97 Å². The second-order valence-electron chi connectivity index (χ2n) is 7.82. The van der Waals surface area contributed by atoms with Crippen molar-refractivity contribution in [2.45, 2.75) is 45.6 Å². The third kappa shape index (κ3) is 3.04. The van der Waals surface area contributed by atoms with Gasteiger partial charge in [-0.1, -0.05) is 42.3 Å². The number of halogens is 1. The molecule has 1 aliphatic carbocycles. The fourth-order valence-corrected chi connectivity index (χ4v) is 4.41. The fraction of sp³-hybridized carbons (Fsp3) is 0.348. The standard InChI is InChI=1S/C23H23ClO3/c1-14-6-7-16(15-8-10-17(24)11-9-15)13-18(14)20-21(25)23(2)12-4-3-5-19(23)27-22(20)26/h6-11,13,19,25H,3-5,12H2,1-2H3. The van der Waals surface area contributed by atoms with E-state index in [-0.39, 0.29) is 11.9 Å². The lowest BCUT2D eigenvalue weighted by Crippen LogP contribution is -2.45. The Balaban J connectivity index is 1.84. The molecule has 3 nitrogen and oxygen atoms in total. The van der Waals surface area contributed by atoms with Crippen molar-refractivity contribution in [1.29, 1.82) is 0 Å². The number of esters is 1. The van der Waals surface area contributed by atoms with Crippen LogP contribution in [0.25, 0.3) is 16.7 Å². The molecule has 2 aliphatic rings. The van der Waals surface area contributed by atoms with Crippen molar-refractivity contribution in [3.05, 3.63) is 64.4 Å². The first-order chi connectivity index (χ1) is 12.9. The number of rotatable bonds is 2. The topological polar surface area (TPSA) is 46.5 Å². The number of aryl methyl sites for hydroxylation is 1. The molecule has 0 amide bonds. The number of ether oxygens (including phenoxy) is 1. The Morgan fingerprint density at radius 1 is 1.11 bits per heavy atom. The summed E-state index contributed by atoms with van der Waals surface area (Å²) in [5, 5.41) is 11.8. The van der Waals surface area contributed by atoms with Crippen molar-refractivity contribution < 1.29 is 14.6 Å². The maximum absolute atomic E-state index is 12.8. The monoisotopic (exact) mass is 382 g/mol. The molecule has 1 heterocycles. The highest BCUT2D eigenvalue weighted by atomic mass is 35.5. The van der Waals surface area contributed by atoms with E-state index in [0.717, 1.165) is 47.9 Å². The minimum Gasteiger partial charge on any atom is -0.511 e. The normalized spacial score (nSPS) is 25.1.